The van der Waals surface area contributed by atoms with Crippen LogP contribution in [-0.2, 0) is 6.54 Å². The van der Waals surface area contributed by atoms with E-state index >= 15 is 0 Å². The second kappa shape index (κ2) is 5.38. The lowest BCUT2D eigenvalue weighted by Crippen LogP contribution is -2.02. The molecule has 1 aromatic carbocycles. The molecule has 8 heteroatoms. The second-order valence-electron chi connectivity index (χ2n) is 4.72. The molecule has 0 bridgehead atoms. The quantitative estimate of drug-likeness (QED) is 0.715. The summed E-state index contributed by atoms with van der Waals surface area (Å²) < 4.78 is 10.7. The highest BCUT2D eigenvalue weighted by molar-refractivity contribution is 7.98. The number of anilines is 1. The van der Waals surface area contributed by atoms with Crippen molar-refractivity contribution in [2.45, 2.75) is 11.6 Å². The molecule has 0 saturated carbocycles. The maximum absolute atomic E-state index is 5.39. The van der Waals surface area contributed by atoms with Gasteiger partial charge in [-0.1, -0.05) is 6.07 Å². The monoisotopic (exact) mass is 315 g/mol. The first-order valence-electron chi connectivity index (χ1n) is 6.70. The molecule has 1 aliphatic heterocycles. The van der Waals surface area contributed by atoms with Gasteiger partial charge in [0.1, 0.15) is 17.2 Å². The van der Waals surface area contributed by atoms with Crippen molar-refractivity contribution in [1.29, 1.82) is 0 Å². The Morgan fingerprint density at radius 3 is 3.09 bits per heavy atom. The van der Waals surface area contributed by atoms with E-state index in [0.29, 0.717) is 6.54 Å². The van der Waals surface area contributed by atoms with Crippen LogP contribution in [0.5, 0.6) is 11.5 Å². The fraction of sp³-hybridized carbons (Fsp3) is 0.214. The molecule has 0 unspecified atom stereocenters. The van der Waals surface area contributed by atoms with Crippen LogP contribution in [0.15, 0.2) is 29.6 Å². The van der Waals surface area contributed by atoms with Crippen molar-refractivity contribution >= 4 is 28.6 Å². The van der Waals surface area contributed by atoms with Crippen molar-refractivity contribution in [3.05, 3.63) is 30.1 Å². The Bertz CT molecular complexity index is 835. The van der Waals surface area contributed by atoms with Crippen molar-refractivity contribution < 1.29 is 9.47 Å². The summed E-state index contributed by atoms with van der Waals surface area (Å²) in [5, 5.41) is 12.3. The normalized spacial score (nSPS) is 12.8. The van der Waals surface area contributed by atoms with Gasteiger partial charge < -0.3 is 14.8 Å². The molecule has 0 amide bonds. The lowest BCUT2D eigenvalue weighted by molar-refractivity contribution is 0.174. The summed E-state index contributed by atoms with van der Waals surface area (Å²) >= 11 is 1.56. The minimum atomic E-state index is 0.283. The second-order valence-corrected chi connectivity index (χ2v) is 5.51. The van der Waals surface area contributed by atoms with Crippen LogP contribution in [0.2, 0.25) is 0 Å². The molecule has 0 spiro atoms. The summed E-state index contributed by atoms with van der Waals surface area (Å²) in [7, 11) is 0. The Hall–Kier alpha value is -2.48. The van der Waals surface area contributed by atoms with Gasteiger partial charge in [-0.15, -0.1) is 11.8 Å². The van der Waals surface area contributed by atoms with E-state index in [-0.39, 0.29) is 6.79 Å². The Morgan fingerprint density at radius 2 is 2.18 bits per heavy atom. The van der Waals surface area contributed by atoms with Crippen LogP contribution in [0.3, 0.4) is 0 Å². The molecule has 1 aliphatic rings. The maximum Gasteiger partial charge on any atom is 0.231 e. The number of fused-ring (bicyclic) bond motifs is 2. The molecule has 4 rings (SSSR count). The molecule has 0 fully saturated rings. The molecule has 112 valence electrons. The van der Waals surface area contributed by atoms with Gasteiger partial charge in [-0.25, -0.2) is 9.97 Å². The predicted molar refractivity (Wildman–Crippen MR) is 83.4 cm³/mol. The van der Waals surface area contributed by atoms with Crippen LogP contribution in [0.4, 0.5) is 5.82 Å². The number of hydrogen-bond acceptors (Lipinski definition) is 7. The summed E-state index contributed by atoms with van der Waals surface area (Å²) in [5.41, 5.74) is 1.82. The zero-order chi connectivity index (χ0) is 14.9. The van der Waals surface area contributed by atoms with Crippen molar-refractivity contribution in [2.75, 3.05) is 18.4 Å². The van der Waals surface area contributed by atoms with Gasteiger partial charge in [0, 0.05) is 6.54 Å². The van der Waals surface area contributed by atoms with E-state index in [1.807, 2.05) is 24.5 Å². The van der Waals surface area contributed by atoms with Gasteiger partial charge in [-0.3, -0.25) is 5.10 Å². The third kappa shape index (κ3) is 2.21. The van der Waals surface area contributed by atoms with Gasteiger partial charge in [0.05, 0.1) is 5.39 Å². The van der Waals surface area contributed by atoms with Crippen LogP contribution in [0.25, 0.3) is 11.0 Å². The zero-order valence-electron chi connectivity index (χ0n) is 11.8. The van der Waals surface area contributed by atoms with E-state index in [2.05, 4.69) is 25.5 Å². The van der Waals surface area contributed by atoms with Gasteiger partial charge in [0.15, 0.2) is 17.1 Å². The highest BCUT2D eigenvalue weighted by Crippen LogP contribution is 2.33. The first-order chi connectivity index (χ1) is 10.8. The van der Waals surface area contributed by atoms with Crippen molar-refractivity contribution in [3.63, 3.8) is 0 Å². The largest absolute Gasteiger partial charge is 0.454 e. The number of aromatic amines is 1. The average Bonchev–Trinajstić information content (AvgIpc) is 3.18. The molecule has 22 heavy (non-hydrogen) atoms. The van der Waals surface area contributed by atoms with Gasteiger partial charge in [0.25, 0.3) is 0 Å². The van der Waals surface area contributed by atoms with Crippen LogP contribution >= 0.6 is 11.8 Å². The van der Waals surface area contributed by atoms with Gasteiger partial charge in [0.2, 0.25) is 6.79 Å². The molecule has 7 nitrogen and oxygen atoms in total. The first-order valence-corrected chi connectivity index (χ1v) is 7.93. The van der Waals surface area contributed by atoms with E-state index in [0.717, 1.165) is 38.9 Å². The van der Waals surface area contributed by atoms with Gasteiger partial charge in [-0.2, -0.15) is 5.10 Å². The van der Waals surface area contributed by atoms with E-state index in [4.69, 9.17) is 9.47 Å². The number of aromatic nitrogens is 4. The molecular weight excluding hydrogens is 302 g/mol. The molecule has 2 aromatic heterocycles. The highest BCUT2D eigenvalue weighted by atomic mass is 32.2. The molecule has 3 heterocycles. The highest BCUT2D eigenvalue weighted by Gasteiger charge is 2.14. The summed E-state index contributed by atoms with van der Waals surface area (Å²) in [6.07, 6.45) is 3.50. The first kappa shape index (κ1) is 13.2. The van der Waals surface area contributed by atoms with Crippen LogP contribution in [0, 0.1) is 0 Å². The van der Waals surface area contributed by atoms with Crippen LogP contribution in [-0.4, -0.2) is 33.2 Å². The third-order valence-corrected chi connectivity index (χ3v) is 4.10. The third-order valence-electron chi connectivity index (χ3n) is 3.41. The van der Waals surface area contributed by atoms with E-state index in [1.165, 1.54) is 6.33 Å². The number of rotatable bonds is 4. The fourth-order valence-electron chi connectivity index (χ4n) is 2.35. The molecule has 0 radical (unpaired) electrons. The summed E-state index contributed by atoms with van der Waals surface area (Å²) in [4.78, 5) is 8.52. The average molecular weight is 315 g/mol. The zero-order valence-corrected chi connectivity index (χ0v) is 12.6. The molecule has 0 atom stereocenters. The Morgan fingerprint density at radius 1 is 1.27 bits per heavy atom. The van der Waals surface area contributed by atoms with E-state index in [9.17, 15) is 0 Å². The lowest BCUT2D eigenvalue weighted by atomic mass is 10.2. The van der Waals surface area contributed by atoms with E-state index in [1.54, 1.807) is 11.8 Å². The van der Waals surface area contributed by atoms with E-state index < -0.39 is 0 Å². The number of H-pyrrole nitrogens is 1. The maximum atomic E-state index is 5.39. The Balaban J connectivity index is 1.60. The minimum absolute atomic E-state index is 0.283. The SMILES string of the molecule is CSc1n[nH]c2ncnc(NCc3ccc4c(c3)OCO4)c12. The molecule has 2 N–H and O–H groups in total. The topological polar surface area (TPSA) is 85.0 Å². The molecule has 0 saturated heterocycles. The fourth-order valence-corrected chi connectivity index (χ4v) is 2.89. The molecular formula is C14H13N5O2S. The van der Waals surface area contributed by atoms with Crippen LogP contribution < -0.4 is 14.8 Å². The summed E-state index contributed by atoms with van der Waals surface area (Å²) in [5.74, 6) is 2.33. The minimum Gasteiger partial charge on any atom is -0.454 e. The molecule has 3 aromatic rings. The smallest absolute Gasteiger partial charge is 0.231 e. The summed E-state index contributed by atoms with van der Waals surface area (Å²) in [6, 6.07) is 5.89. The summed E-state index contributed by atoms with van der Waals surface area (Å²) in [6.45, 7) is 0.909. The van der Waals surface area contributed by atoms with Gasteiger partial charge >= 0.3 is 0 Å². The number of hydrogen-bond donors (Lipinski definition) is 2. The number of benzene rings is 1. The van der Waals surface area contributed by atoms with Crippen molar-refractivity contribution in [1.82, 2.24) is 20.2 Å². The Kier molecular flexibility index (Phi) is 3.23. The number of thioether (sulfide) groups is 1. The predicted octanol–water partition coefficient (Wildman–Crippen LogP) is 2.42. The molecule has 0 aliphatic carbocycles. The number of ether oxygens (including phenoxy) is 2. The lowest BCUT2D eigenvalue weighted by Gasteiger charge is -2.07. The van der Waals surface area contributed by atoms with Gasteiger partial charge in [-0.05, 0) is 24.0 Å². The standard InChI is InChI=1S/C14H13N5O2S/c1-22-14-11-12(16-6-17-13(11)18-19-14)15-5-8-2-3-9-10(4-8)21-7-20-9/h2-4,6H,5,7H2,1H3,(H2,15,16,17,18,19). The number of nitrogens with zero attached hydrogens (tertiary/aromatic N) is 3. The van der Waals surface area contributed by atoms with Crippen molar-refractivity contribution in [3.8, 4) is 11.5 Å². The van der Waals surface area contributed by atoms with Crippen molar-refractivity contribution in [2.24, 2.45) is 0 Å². The van der Waals surface area contributed by atoms with Crippen LogP contribution in [0.1, 0.15) is 5.56 Å². The Labute approximate surface area is 130 Å². The number of nitrogens with one attached hydrogen (secondary N) is 2.